The lowest BCUT2D eigenvalue weighted by Crippen LogP contribution is -2.24. The van der Waals surface area contributed by atoms with Crippen molar-refractivity contribution in [2.75, 3.05) is 7.11 Å². The van der Waals surface area contributed by atoms with Gasteiger partial charge in [-0.15, -0.1) is 0 Å². The highest BCUT2D eigenvalue weighted by Gasteiger charge is 2.07. The van der Waals surface area contributed by atoms with Gasteiger partial charge in [0.05, 0.1) is 18.3 Å². The SMILES string of the molecule is CO[C@H](C)CCC(=O)NCc1cn2ccccc2n1. The summed E-state index contributed by atoms with van der Waals surface area (Å²) in [7, 11) is 1.65. The molecule has 0 fully saturated rings. The van der Waals surface area contributed by atoms with E-state index in [2.05, 4.69) is 10.3 Å². The molecule has 0 saturated heterocycles. The Morgan fingerprint density at radius 1 is 1.53 bits per heavy atom. The Balaban J connectivity index is 1.83. The fourth-order valence-electron chi connectivity index (χ4n) is 1.80. The largest absolute Gasteiger partial charge is 0.382 e. The quantitative estimate of drug-likeness (QED) is 0.862. The number of hydrogen-bond acceptors (Lipinski definition) is 3. The first-order chi connectivity index (χ1) is 9.19. The van der Waals surface area contributed by atoms with Crippen molar-refractivity contribution in [1.29, 1.82) is 0 Å². The molecule has 2 heterocycles. The van der Waals surface area contributed by atoms with Crippen molar-refractivity contribution in [2.24, 2.45) is 0 Å². The number of rotatable bonds is 6. The molecule has 0 aromatic carbocycles. The number of carbonyl (C=O) groups is 1. The first kappa shape index (κ1) is 13.5. The maximum absolute atomic E-state index is 11.7. The van der Waals surface area contributed by atoms with Gasteiger partial charge in [-0.3, -0.25) is 4.79 Å². The molecule has 2 aromatic heterocycles. The highest BCUT2D eigenvalue weighted by molar-refractivity contribution is 5.75. The van der Waals surface area contributed by atoms with Crippen molar-refractivity contribution in [3.8, 4) is 0 Å². The van der Waals surface area contributed by atoms with E-state index in [9.17, 15) is 4.79 Å². The molecule has 0 saturated carbocycles. The van der Waals surface area contributed by atoms with Crippen LogP contribution < -0.4 is 5.32 Å². The summed E-state index contributed by atoms with van der Waals surface area (Å²) < 4.78 is 7.05. The van der Waals surface area contributed by atoms with Crippen LogP contribution in [0.3, 0.4) is 0 Å². The van der Waals surface area contributed by atoms with E-state index in [4.69, 9.17) is 4.74 Å². The number of amides is 1. The van der Waals surface area contributed by atoms with Gasteiger partial charge in [0.25, 0.3) is 0 Å². The molecule has 19 heavy (non-hydrogen) atoms. The summed E-state index contributed by atoms with van der Waals surface area (Å²) in [5, 5.41) is 2.87. The number of imidazole rings is 1. The standard InChI is InChI=1S/C14H19N3O2/c1-11(19-2)6-7-14(18)15-9-12-10-17-8-4-3-5-13(17)16-12/h3-5,8,10-11H,6-7,9H2,1-2H3,(H,15,18)/t11-/m1/s1. The van der Waals surface area contributed by atoms with E-state index in [1.54, 1.807) is 7.11 Å². The second kappa shape index (κ2) is 6.33. The van der Waals surface area contributed by atoms with Gasteiger partial charge in [0.1, 0.15) is 5.65 Å². The smallest absolute Gasteiger partial charge is 0.220 e. The molecule has 5 heteroatoms. The van der Waals surface area contributed by atoms with Crippen molar-refractivity contribution in [1.82, 2.24) is 14.7 Å². The van der Waals surface area contributed by atoms with Crippen LogP contribution in [0.15, 0.2) is 30.6 Å². The summed E-state index contributed by atoms with van der Waals surface area (Å²) in [6.45, 7) is 2.41. The number of methoxy groups -OCH3 is 1. The number of pyridine rings is 1. The third kappa shape index (κ3) is 3.79. The van der Waals surface area contributed by atoms with Crippen molar-refractivity contribution >= 4 is 11.6 Å². The lowest BCUT2D eigenvalue weighted by atomic mass is 10.2. The molecule has 0 bridgehead atoms. The molecule has 0 aliphatic carbocycles. The predicted molar refractivity (Wildman–Crippen MR) is 72.7 cm³/mol. The van der Waals surface area contributed by atoms with Gasteiger partial charge < -0.3 is 14.5 Å². The predicted octanol–water partition coefficient (Wildman–Crippen LogP) is 1.77. The van der Waals surface area contributed by atoms with E-state index < -0.39 is 0 Å². The summed E-state index contributed by atoms with van der Waals surface area (Å²) >= 11 is 0. The van der Waals surface area contributed by atoms with Crippen molar-refractivity contribution in [2.45, 2.75) is 32.4 Å². The summed E-state index contributed by atoms with van der Waals surface area (Å²) in [4.78, 5) is 16.1. The van der Waals surface area contributed by atoms with Gasteiger partial charge in [-0.2, -0.15) is 0 Å². The fraction of sp³-hybridized carbons (Fsp3) is 0.429. The Hall–Kier alpha value is -1.88. The van der Waals surface area contributed by atoms with E-state index in [1.165, 1.54) is 0 Å². The number of aromatic nitrogens is 2. The molecule has 5 nitrogen and oxygen atoms in total. The molecule has 1 N–H and O–H groups in total. The molecule has 0 radical (unpaired) electrons. The van der Waals surface area contributed by atoms with Gasteiger partial charge in [0, 0.05) is 25.9 Å². The first-order valence-electron chi connectivity index (χ1n) is 6.41. The summed E-state index contributed by atoms with van der Waals surface area (Å²) in [6.07, 6.45) is 5.18. The normalized spacial score (nSPS) is 12.5. The third-order valence-corrected chi connectivity index (χ3v) is 3.06. The van der Waals surface area contributed by atoms with Gasteiger partial charge in [0.2, 0.25) is 5.91 Å². The first-order valence-corrected chi connectivity index (χ1v) is 6.41. The van der Waals surface area contributed by atoms with Crippen LogP contribution in [0.25, 0.3) is 5.65 Å². The van der Waals surface area contributed by atoms with Crippen LogP contribution in [0, 0.1) is 0 Å². The zero-order valence-corrected chi connectivity index (χ0v) is 11.3. The Morgan fingerprint density at radius 3 is 3.11 bits per heavy atom. The summed E-state index contributed by atoms with van der Waals surface area (Å²) in [5.41, 5.74) is 1.75. The molecule has 0 aliphatic heterocycles. The molecular weight excluding hydrogens is 242 g/mol. The minimum Gasteiger partial charge on any atom is -0.382 e. The molecular formula is C14H19N3O2. The molecule has 2 rings (SSSR count). The van der Waals surface area contributed by atoms with Gasteiger partial charge >= 0.3 is 0 Å². The van der Waals surface area contributed by atoms with Crippen LogP contribution in [0.1, 0.15) is 25.5 Å². The van der Waals surface area contributed by atoms with E-state index in [1.807, 2.05) is 41.9 Å². The monoisotopic (exact) mass is 261 g/mol. The average Bonchev–Trinajstić information content (AvgIpc) is 2.85. The minimum absolute atomic E-state index is 0.0287. The van der Waals surface area contributed by atoms with Gasteiger partial charge in [0.15, 0.2) is 0 Å². The van der Waals surface area contributed by atoms with Crippen LogP contribution in [0.4, 0.5) is 0 Å². The Bertz CT molecular complexity index is 517. The Morgan fingerprint density at radius 2 is 2.37 bits per heavy atom. The number of hydrogen-bond donors (Lipinski definition) is 1. The van der Waals surface area contributed by atoms with Gasteiger partial charge in [-0.1, -0.05) is 6.07 Å². The lowest BCUT2D eigenvalue weighted by Gasteiger charge is -2.08. The van der Waals surface area contributed by atoms with E-state index in [0.717, 1.165) is 17.8 Å². The number of fused-ring (bicyclic) bond motifs is 1. The Kier molecular flexibility index (Phi) is 4.52. The van der Waals surface area contributed by atoms with E-state index in [0.29, 0.717) is 13.0 Å². The lowest BCUT2D eigenvalue weighted by molar-refractivity contribution is -0.121. The van der Waals surface area contributed by atoms with Crippen LogP contribution in [-0.2, 0) is 16.1 Å². The topological polar surface area (TPSA) is 55.6 Å². The van der Waals surface area contributed by atoms with Crippen LogP contribution >= 0.6 is 0 Å². The second-order valence-corrected chi connectivity index (χ2v) is 4.56. The zero-order chi connectivity index (χ0) is 13.7. The molecule has 1 amide bonds. The molecule has 0 aliphatic rings. The van der Waals surface area contributed by atoms with Gasteiger partial charge in [-0.25, -0.2) is 4.98 Å². The summed E-state index contributed by atoms with van der Waals surface area (Å²) in [5.74, 6) is 0.0287. The van der Waals surface area contributed by atoms with Crippen LogP contribution in [-0.4, -0.2) is 28.5 Å². The molecule has 0 spiro atoms. The molecule has 1 atom stereocenters. The third-order valence-electron chi connectivity index (χ3n) is 3.06. The molecule has 0 unspecified atom stereocenters. The number of nitrogens with zero attached hydrogens (tertiary/aromatic N) is 2. The molecule has 102 valence electrons. The van der Waals surface area contributed by atoms with Crippen molar-refractivity contribution < 1.29 is 9.53 Å². The van der Waals surface area contributed by atoms with Crippen molar-refractivity contribution in [3.05, 3.63) is 36.3 Å². The van der Waals surface area contributed by atoms with Crippen LogP contribution in [0.5, 0.6) is 0 Å². The number of ether oxygens (including phenoxy) is 1. The van der Waals surface area contributed by atoms with Crippen LogP contribution in [0.2, 0.25) is 0 Å². The zero-order valence-electron chi connectivity index (χ0n) is 11.3. The maximum atomic E-state index is 11.7. The fourth-order valence-corrected chi connectivity index (χ4v) is 1.80. The number of carbonyl (C=O) groups excluding carboxylic acids is 1. The van der Waals surface area contributed by atoms with Crippen molar-refractivity contribution in [3.63, 3.8) is 0 Å². The Labute approximate surface area is 112 Å². The van der Waals surface area contributed by atoms with Gasteiger partial charge in [-0.05, 0) is 25.5 Å². The maximum Gasteiger partial charge on any atom is 0.220 e. The second-order valence-electron chi connectivity index (χ2n) is 4.56. The minimum atomic E-state index is 0.0287. The molecule has 2 aromatic rings. The summed E-state index contributed by atoms with van der Waals surface area (Å²) in [6, 6.07) is 5.82. The van der Waals surface area contributed by atoms with E-state index in [-0.39, 0.29) is 12.0 Å². The highest BCUT2D eigenvalue weighted by Crippen LogP contribution is 2.04. The van der Waals surface area contributed by atoms with E-state index >= 15 is 0 Å². The number of nitrogens with one attached hydrogen (secondary N) is 1. The average molecular weight is 261 g/mol. The highest BCUT2D eigenvalue weighted by atomic mass is 16.5.